The number of hydrogen-bond donors (Lipinski definition) is 0. The molecule has 0 radical (unpaired) electrons. The Labute approximate surface area is 100.0 Å². The van der Waals surface area contributed by atoms with E-state index in [0.717, 1.165) is 18.2 Å². The van der Waals surface area contributed by atoms with Crippen LogP contribution in [0.3, 0.4) is 0 Å². The maximum absolute atomic E-state index is 12.9. The highest BCUT2D eigenvalue weighted by Crippen LogP contribution is 2.39. The van der Waals surface area contributed by atoms with E-state index in [1.54, 1.807) is 0 Å². The molecule has 0 aromatic heterocycles. The summed E-state index contributed by atoms with van der Waals surface area (Å²) in [6, 6.07) is 3.30. The molecule has 1 aromatic carbocycles. The van der Waals surface area contributed by atoms with E-state index in [1.165, 1.54) is 0 Å². The van der Waals surface area contributed by atoms with Gasteiger partial charge in [-0.1, -0.05) is 0 Å². The number of thioether (sulfide) groups is 1. The molecule has 6 heteroatoms. The second-order valence-corrected chi connectivity index (χ2v) is 4.58. The van der Waals surface area contributed by atoms with Crippen molar-refractivity contribution in [2.45, 2.75) is 23.2 Å². The van der Waals surface area contributed by atoms with Crippen LogP contribution in [0.4, 0.5) is 17.6 Å². The molecule has 90 valence electrons. The van der Waals surface area contributed by atoms with Crippen molar-refractivity contribution in [3.63, 3.8) is 0 Å². The van der Waals surface area contributed by atoms with Crippen LogP contribution in [-0.4, -0.2) is 11.4 Å². The van der Waals surface area contributed by atoms with Gasteiger partial charge in [0.1, 0.15) is 5.82 Å². The molecule has 0 bridgehead atoms. The van der Waals surface area contributed by atoms with E-state index >= 15 is 0 Å². The van der Waals surface area contributed by atoms with Crippen LogP contribution in [0.25, 0.3) is 0 Å². The molecule has 0 N–H and O–H groups in total. The Bertz CT molecular complexity index is 351. The van der Waals surface area contributed by atoms with Gasteiger partial charge in [-0.25, -0.2) is 4.39 Å². The topological polar surface area (TPSA) is 0 Å². The minimum absolute atomic E-state index is 0.0408. The van der Waals surface area contributed by atoms with Gasteiger partial charge in [-0.3, -0.25) is 0 Å². The quantitative estimate of drug-likeness (QED) is 0.438. The summed E-state index contributed by atoms with van der Waals surface area (Å²) in [5.41, 5.74) is -4.00. The number of rotatable bonds is 4. The summed E-state index contributed by atoms with van der Waals surface area (Å²) in [6.07, 6.45) is 0.871. The van der Waals surface area contributed by atoms with Crippen molar-refractivity contribution < 1.29 is 17.6 Å². The van der Waals surface area contributed by atoms with E-state index in [4.69, 9.17) is 11.6 Å². The Morgan fingerprint density at radius 2 is 1.94 bits per heavy atom. The molecule has 0 aliphatic heterocycles. The first-order valence-electron chi connectivity index (χ1n) is 4.52. The Kier molecular flexibility index (Phi) is 4.92. The second-order valence-electron chi connectivity index (χ2n) is 3.09. The molecule has 0 aliphatic rings. The third-order valence-corrected chi connectivity index (χ3v) is 2.94. The molecule has 0 fully saturated rings. The molecule has 0 heterocycles. The van der Waals surface area contributed by atoms with Gasteiger partial charge in [-0.15, -0.1) is 11.6 Å². The fourth-order valence-corrected chi connectivity index (χ4v) is 2.04. The van der Waals surface area contributed by atoms with E-state index in [1.807, 2.05) is 0 Å². The monoisotopic (exact) mass is 272 g/mol. The highest BCUT2D eigenvalue weighted by atomic mass is 35.5. The first-order valence-corrected chi connectivity index (χ1v) is 5.87. The van der Waals surface area contributed by atoms with Gasteiger partial charge in [-0.05, 0) is 48.4 Å². The normalized spacial score (nSPS) is 11.8. The molecule has 0 unspecified atom stereocenters. The zero-order chi connectivity index (χ0) is 12.2. The zero-order valence-corrected chi connectivity index (χ0v) is 9.72. The Hall–Kier alpha value is -0.420. The van der Waals surface area contributed by atoms with Crippen LogP contribution in [0.2, 0.25) is 0 Å². The summed E-state index contributed by atoms with van der Waals surface area (Å²) in [4.78, 5) is 0.0408. The Morgan fingerprint density at radius 3 is 2.50 bits per heavy atom. The molecule has 0 saturated heterocycles. The van der Waals surface area contributed by atoms with Crippen LogP contribution in [0.15, 0.2) is 23.1 Å². The standard InChI is InChI=1S/C10H9ClF4S/c11-5-1-2-7-6-8(12)3-4-9(7)16-10(13,14)15/h3-4,6H,1-2,5H2. The number of aryl methyl sites for hydroxylation is 1. The van der Waals surface area contributed by atoms with Crippen molar-refractivity contribution in [2.24, 2.45) is 0 Å². The van der Waals surface area contributed by atoms with Crippen molar-refractivity contribution in [2.75, 3.05) is 5.88 Å². The van der Waals surface area contributed by atoms with Gasteiger partial charge in [0.25, 0.3) is 0 Å². The summed E-state index contributed by atoms with van der Waals surface area (Å²) in [6.45, 7) is 0. The van der Waals surface area contributed by atoms with Gasteiger partial charge in [0.05, 0.1) is 0 Å². The first-order chi connectivity index (χ1) is 7.42. The van der Waals surface area contributed by atoms with Gasteiger partial charge in [-0.2, -0.15) is 13.2 Å². The Balaban J connectivity index is 2.89. The molecule has 0 nitrogen and oxygen atoms in total. The predicted octanol–water partition coefficient (Wildman–Crippen LogP) is 4.61. The molecule has 0 aliphatic carbocycles. The van der Waals surface area contributed by atoms with Crippen LogP contribution in [0.1, 0.15) is 12.0 Å². The number of benzene rings is 1. The van der Waals surface area contributed by atoms with Crippen LogP contribution in [0.5, 0.6) is 0 Å². The maximum atomic E-state index is 12.9. The summed E-state index contributed by atoms with van der Waals surface area (Å²) in [5.74, 6) is -0.191. The van der Waals surface area contributed by atoms with Crippen molar-refractivity contribution in [3.8, 4) is 0 Å². The van der Waals surface area contributed by atoms with E-state index in [-0.39, 0.29) is 16.7 Å². The van der Waals surface area contributed by atoms with Gasteiger partial charge in [0.15, 0.2) is 0 Å². The number of alkyl halides is 4. The van der Waals surface area contributed by atoms with Crippen molar-refractivity contribution >= 4 is 23.4 Å². The lowest BCUT2D eigenvalue weighted by Crippen LogP contribution is -2.01. The van der Waals surface area contributed by atoms with E-state index in [0.29, 0.717) is 24.3 Å². The third kappa shape index (κ3) is 4.61. The van der Waals surface area contributed by atoms with Gasteiger partial charge in [0, 0.05) is 10.8 Å². The van der Waals surface area contributed by atoms with Crippen LogP contribution in [-0.2, 0) is 6.42 Å². The van der Waals surface area contributed by atoms with Crippen LogP contribution in [0, 0.1) is 5.82 Å². The van der Waals surface area contributed by atoms with Gasteiger partial charge in [0.2, 0.25) is 0 Å². The number of halogens is 5. The average Bonchev–Trinajstić information content (AvgIpc) is 2.16. The smallest absolute Gasteiger partial charge is 0.207 e. The fraction of sp³-hybridized carbons (Fsp3) is 0.400. The Morgan fingerprint density at radius 1 is 1.25 bits per heavy atom. The molecular weight excluding hydrogens is 264 g/mol. The minimum atomic E-state index is -4.35. The van der Waals surface area contributed by atoms with Crippen LogP contribution < -0.4 is 0 Å². The molecular formula is C10H9ClF4S. The molecule has 16 heavy (non-hydrogen) atoms. The fourth-order valence-electron chi connectivity index (χ4n) is 1.22. The zero-order valence-electron chi connectivity index (χ0n) is 8.15. The summed E-state index contributed by atoms with van der Waals surface area (Å²) in [5, 5.41) is 0. The highest BCUT2D eigenvalue weighted by molar-refractivity contribution is 8.00. The summed E-state index contributed by atoms with van der Waals surface area (Å²) in [7, 11) is 0. The van der Waals surface area contributed by atoms with E-state index < -0.39 is 11.3 Å². The minimum Gasteiger partial charge on any atom is -0.207 e. The maximum Gasteiger partial charge on any atom is 0.446 e. The second kappa shape index (κ2) is 5.77. The molecule has 0 atom stereocenters. The highest BCUT2D eigenvalue weighted by Gasteiger charge is 2.30. The van der Waals surface area contributed by atoms with Gasteiger partial charge < -0.3 is 0 Å². The largest absolute Gasteiger partial charge is 0.446 e. The lowest BCUT2D eigenvalue weighted by molar-refractivity contribution is -0.0328. The van der Waals surface area contributed by atoms with Gasteiger partial charge >= 0.3 is 5.51 Å². The van der Waals surface area contributed by atoms with Crippen molar-refractivity contribution in [1.29, 1.82) is 0 Å². The summed E-state index contributed by atoms with van der Waals surface area (Å²) < 4.78 is 49.4. The molecule has 0 spiro atoms. The average molecular weight is 273 g/mol. The third-order valence-electron chi connectivity index (χ3n) is 1.83. The molecule has 1 rings (SSSR count). The van der Waals surface area contributed by atoms with Crippen molar-refractivity contribution in [1.82, 2.24) is 0 Å². The molecule has 1 aromatic rings. The predicted molar refractivity (Wildman–Crippen MR) is 57.4 cm³/mol. The lowest BCUT2D eigenvalue weighted by Gasteiger charge is -2.10. The van der Waals surface area contributed by atoms with E-state index in [9.17, 15) is 17.6 Å². The number of hydrogen-bond acceptors (Lipinski definition) is 1. The van der Waals surface area contributed by atoms with E-state index in [2.05, 4.69) is 0 Å². The SMILES string of the molecule is Fc1ccc(SC(F)(F)F)c(CCCCl)c1. The first kappa shape index (κ1) is 13.6. The van der Waals surface area contributed by atoms with Crippen LogP contribution >= 0.6 is 23.4 Å². The van der Waals surface area contributed by atoms with Crippen molar-refractivity contribution in [3.05, 3.63) is 29.6 Å². The molecule has 0 saturated carbocycles. The summed E-state index contributed by atoms with van der Waals surface area (Å²) >= 11 is 5.23. The lowest BCUT2D eigenvalue weighted by atomic mass is 10.1. The molecule has 0 amide bonds.